The zero-order valence-corrected chi connectivity index (χ0v) is 12.0. The van der Waals surface area contributed by atoms with Gasteiger partial charge in [0.1, 0.15) is 0 Å². The maximum atomic E-state index is 12.6. The Morgan fingerprint density at radius 1 is 0.905 bits per heavy atom. The number of fused-ring (bicyclic) bond motifs is 1. The molecule has 0 N–H and O–H groups in total. The first-order valence-electron chi connectivity index (χ1n) is 6.31. The van der Waals surface area contributed by atoms with E-state index in [9.17, 15) is 13.2 Å². The monoisotopic (exact) mass is 300 g/mol. The molecule has 0 aliphatic rings. The molecule has 3 rings (SSSR count). The van der Waals surface area contributed by atoms with Crippen LogP contribution in [0.2, 0.25) is 0 Å². The van der Waals surface area contributed by atoms with Crippen molar-refractivity contribution in [2.24, 2.45) is 0 Å². The van der Waals surface area contributed by atoms with Crippen molar-refractivity contribution in [1.82, 2.24) is 9.19 Å². The molecule has 0 aliphatic heterocycles. The van der Waals surface area contributed by atoms with Gasteiger partial charge in [-0.1, -0.05) is 36.4 Å². The lowest BCUT2D eigenvalue weighted by Crippen LogP contribution is -2.30. The van der Waals surface area contributed by atoms with E-state index in [0.717, 1.165) is 0 Å². The van der Waals surface area contributed by atoms with Crippen LogP contribution in [0.25, 0.3) is 10.8 Å². The van der Waals surface area contributed by atoms with E-state index in [2.05, 4.69) is 5.10 Å². The van der Waals surface area contributed by atoms with Gasteiger partial charge in [0, 0.05) is 5.39 Å². The first kappa shape index (κ1) is 13.5. The highest BCUT2D eigenvalue weighted by Crippen LogP contribution is 2.15. The predicted octanol–water partition coefficient (Wildman–Crippen LogP) is 1.94. The predicted molar refractivity (Wildman–Crippen MR) is 79.8 cm³/mol. The van der Waals surface area contributed by atoms with Crippen molar-refractivity contribution in [3.8, 4) is 0 Å². The summed E-state index contributed by atoms with van der Waals surface area (Å²) in [7, 11) is -3.99. The van der Waals surface area contributed by atoms with Gasteiger partial charge in [-0.15, -0.1) is 4.09 Å². The Kier molecular flexibility index (Phi) is 3.10. The molecule has 0 unspecified atom stereocenters. The number of rotatable bonds is 2. The largest absolute Gasteiger partial charge is 0.289 e. The first-order valence-corrected chi connectivity index (χ1v) is 7.75. The summed E-state index contributed by atoms with van der Waals surface area (Å²) in [4.78, 5) is 12.5. The van der Waals surface area contributed by atoms with Crippen LogP contribution in [0, 0.1) is 6.92 Å². The molecular weight excluding hydrogens is 288 g/mol. The van der Waals surface area contributed by atoms with Crippen LogP contribution in [0.4, 0.5) is 0 Å². The molecule has 0 saturated carbocycles. The molecule has 1 heterocycles. The summed E-state index contributed by atoms with van der Waals surface area (Å²) in [6.45, 7) is 1.68. The molecule has 3 aromatic rings. The van der Waals surface area contributed by atoms with Gasteiger partial charge in [-0.05, 0) is 25.1 Å². The van der Waals surface area contributed by atoms with Crippen molar-refractivity contribution in [3.63, 3.8) is 0 Å². The Balaban J connectivity index is 2.37. The second-order valence-corrected chi connectivity index (χ2v) is 6.36. The maximum Gasteiger partial charge on any atom is 0.289 e. The summed E-state index contributed by atoms with van der Waals surface area (Å²) >= 11 is 0. The number of hydrogen-bond donors (Lipinski definition) is 0. The molecule has 5 nitrogen and oxygen atoms in total. The fourth-order valence-electron chi connectivity index (χ4n) is 2.18. The van der Waals surface area contributed by atoms with Gasteiger partial charge in [0.15, 0.2) is 0 Å². The molecule has 0 bridgehead atoms. The highest BCUT2D eigenvalue weighted by molar-refractivity contribution is 7.89. The number of nitrogens with zero attached hydrogens (tertiary/aromatic N) is 2. The minimum Gasteiger partial charge on any atom is -0.266 e. The minimum absolute atomic E-state index is 0.0364. The third-order valence-electron chi connectivity index (χ3n) is 3.23. The second-order valence-electron chi connectivity index (χ2n) is 4.60. The van der Waals surface area contributed by atoms with Crippen molar-refractivity contribution >= 4 is 20.8 Å². The van der Waals surface area contributed by atoms with E-state index in [1.54, 1.807) is 49.4 Å². The van der Waals surface area contributed by atoms with Gasteiger partial charge in [0.05, 0.1) is 16.0 Å². The van der Waals surface area contributed by atoms with Crippen molar-refractivity contribution in [2.75, 3.05) is 0 Å². The highest BCUT2D eigenvalue weighted by Gasteiger charge is 2.21. The van der Waals surface area contributed by atoms with Crippen LogP contribution in [0.15, 0.2) is 64.3 Å². The fourth-order valence-corrected chi connectivity index (χ4v) is 3.43. The number of benzene rings is 2. The molecule has 0 atom stereocenters. The Labute approximate surface area is 121 Å². The molecular formula is C15H12N2O3S. The van der Waals surface area contributed by atoms with Gasteiger partial charge < -0.3 is 0 Å². The second kappa shape index (κ2) is 4.82. The zero-order valence-electron chi connectivity index (χ0n) is 11.2. The average Bonchev–Trinajstić information content (AvgIpc) is 2.51. The van der Waals surface area contributed by atoms with Crippen LogP contribution in [0.1, 0.15) is 5.69 Å². The Morgan fingerprint density at radius 2 is 1.48 bits per heavy atom. The van der Waals surface area contributed by atoms with Crippen LogP contribution < -0.4 is 5.56 Å². The topological polar surface area (TPSA) is 69.0 Å². The summed E-state index contributed by atoms with van der Waals surface area (Å²) < 4.78 is 25.7. The van der Waals surface area contributed by atoms with Crippen LogP contribution in [0.5, 0.6) is 0 Å². The van der Waals surface area contributed by atoms with Crippen LogP contribution >= 0.6 is 0 Å². The zero-order chi connectivity index (χ0) is 15.0. The Bertz CT molecular complexity index is 977. The van der Waals surface area contributed by atoms with Gasteiger partial charge in [0.2, 0.25) is 0 Å². The van der Waals surface area contributed by atoms with E-state index in [-0.39, 0.29) is 4.90 Å². The molecule has 0 aliphatic carbocycles. The quantitative estimate of drug-likeness (QED) is 0.725. The summed E-state index contributed by atoms with van der Waals surface area (Å²) in [5, 5.41) is 4.96. The van der Waals surface area contributed by atoms with E-state index in [0.29, 0.717) is 20.6 Å². The summed E-state index contributed by atoms with van der Waals surface area (Å²) in [6.07, 6.45) is 0. The summed E-state index contributed by atoms with van der Waals surface area (Å²) in [5.74, 6) is 0. The van der Waals surface area contributed by atoms with Gasteiger partial charge in [0.25, 0.3) is 15.6 Å². The number of aromatic nitrogens is 2. The van der Waals surface area contributed by atoms with Gasteiger partial charge >= 0.3 is 0 Å². The van der Waals surface area contributed by atoms with Crippen molar-refractivity contribution in [1.29, 1.82) is 0 Å². The van der Waals surface area contributed by atoms with Crippen molar-refractivity contribution in [2.45, 2.75) is 11.8 Å². The standard InChI is InChI=1S/C15H12N2O3S/c1-11-13-9-5-6-10-14(13)15(18)17(16-11)21(19,20)12-7-3-2-4-8-12/h2-10H,1H3. The van der Waals surface area contributed by atoms with Crippen molar-refractivity contribution in [3.05, 3.63) is 70.6 Å². The SMILES string of the molecule is Cc1nn(S(=O)(=O)c2ccccc2)c(=O)c2ccccc12. The molecule has 0 fully saturated rings. The normalized spacial score (nSPS) is 11.7. The molecule has 1 aromatic heterocycles. The molecule has 6 heteroatoms. The van der Waals surface area contributed by atoms with E-state index in [1.807, 2.05) is 0 Å². The lowest BCUT2D eigenvalue weighted by molar-refractivity contribution is 0.575. The van der Waals surface area contributed by atoms with Crippen LogP contribution in [-0.2, 0) is 10.0 Å². The lowest BCUT2D eigenvalue weighted by Gasteiger charge is -2.09. The maximum absolute atomic E-state index is 12.6. The first-order chi connectivity index (χ1) is 10.0. The summed E-state index contributed by atoms with van der Waals surface area (Å²) in [6, 6.07) is 14.6. The average molecular weight is 300 g/mol. The Hall–Kier alpha value is -2.47. The smallest absolute Gasteiger partial charge is 0.266 e. The van der Waals surface area contributed by atoms with Crippen molar-refractivity contribution < 1.29 is 8.42 Å². The molecule has 0 amide bonds. The van der Waals surface area contributed by atoms with Gasteiger partial charge in [-0.25, -0.2) is 0 Å². The molecule has 2 aromatic carbocycles. The van der Waals surface area contributed by atoms with Gasteiger partial charge in [-0.2, -0.15) is 13.5 Å². The molecule has 106 valence electrons. The summed E-state index contributed by atoms with van der Waals surface area (Å²) in [5.41, 5.74) is -0.148. The molecule has 21 heavy (non-hydrogen) atoms. The van der Waals surface area contributed by atoms with Gasteiger partial charge in [-0.3, -0.25) is 4.79 Å². The molecule has 0 saturated heterocycles. The Morgan fingerprint density at radius 3 is 2.14 bits per heavy atom. The van der Waals surface area contributed by atoms with Crippen LogP contribution in [-0.4, -0.2) is 17.6 Å². The van der Waals surface area contributed by atoms with E-state index >= 15 is 0 Å². The highest BCUT2D eigenvalue weighted by atomic mass is 32.2. The minimum atomic E-state index is -3.99. The third-order valence-corrected chi connectivity index (χ3v) is 4.80. The fraction of sp³-hybridized carbons (Fsp3) is 0.0667. The third kappa shape index (κ3) is 2.13. The number of aryl methyl sites for hydroxylation is 1. The number of hydrogen-bond acceptors (Lipinski definition) is 4. The molecule has 0 radical (unpaired) electrons. The van der Waals surface area contributed by atoms with E-state index in [4.69, 9.17) is 0 Å². The molecule has 0 spiro atoms. The van der Waals surface area contributed by atoms with E-state index in [1.165, 1.54) is 12.1 Å². The van der Waals surface area contributed by atoms with Crippen LogP contribution in [0.3, 0.4) is 0 Å². The van der Waals surface area contributed by atoms with E-state index < -0.39 is 15.6 Å². The lowest BCUT2D eigenvalue weighted by atomic mass is 10.1.